The van der Waals surface area contributed by atoms with Gasteiger partial charge in [-0.1, -0.05) is 0 Å². The summed E-state index contributed by atoms with van der Waals surface area (Å²) in [5.41, 5.74) is 0. The molecule has 0 spiro atoms. The lowest BCUT2D eigenvalue weighted by Gasteiger charge is -2.16. The molecule has 0 saturated carbocycles. The fourth-order valence-corrected chi connectivity index (χ4v) is 1.56. The number of hydrogen-bond donors (Lipinski definition) is 1. The molecule has 1 aliphatic rings. The van der Waals surface area contributed by atoms with Crippen molar-refractivity contribution >= 4 is 6.09 Å². The second-order valence-corrected chi connectivity index (χ2v) is 3.43. The molecule has 0 bridgehead atoms. The third-order valence-corrected chi connectivity index (χ3v) is 2.43. The van der Waals surface area contributed by atoms with Gasteiger partial charge in [-0.15, -0.1) is 0 Å². The molecule has 0 aliphatic carbocycles. The maximum absolute atomic E-state index is 11.2. The Kier molecular flexibility index (Phi) is 3.54. The van der Waals surface area contributed by atoms with Crippen molar-refractivity contribution in [2.75, 3.05) is 19.7 Å². The van der Waals surface area contributed by atoms with Gasteiger partial charge in [0.05, 0.1) is 12.7 Å². The van der Waals surface area contributed by atoms with Gasteiger partial charge >= 0.3 is 6.09 Å². The highest BCUT2D eigenvalue weighted by molar-refractivity contribution is 5.67. The van der Waals surface area contributed by atoms with E-state index in [1.165, 1.54) is 0 Å². The summed E-state index contributed by atoms with van der Waals surface area (Å²) < 4.78 is 4.86. The average molecular weight is 187 g/mol. The minimum atomic E-state index is -0.334. The van der Waals surface area contributed by atoms with E-state index in [0.717, 1.165) is 6.42 Å². The van der Waals surface area contributed by atoms with Crippen molar-refractivity contribution in [3.8, 4) is 0 Å². The third-order valence-electron chi connectivity index (χ3n) is 2.43. The molecule has 13 heavy (non-hydrogen) atoms. The van der Waals surface area contributed by atoms with Crippen LogP contribution < -0.4 is 0 Å². The van der Waals surface area contributed by atoms with Gasteiger partial charge in [0.25, 0.3) is 0 Å². The van der Waals surface area contributed by atoms with E-state index in [4.69, 9.17) is 4.74 Å². The van der Waals surface area contributed by atoms with E-state index < -0.39 is 0 Å². The first-order valence-corrected chi connectivity index (χ1v) is 4.75. The number of carbonyl (C=O) groups is 1. The van der Waals surface area contributed by atoms with Gasteiger partial charge in [0.2, 0.25) is 0 Å². The monoisotopic (exact) mass is 187 g/mol. The zero-order valence-electron chi connectivity index (χ0n) is 8.19. The molecular formula is C9H17NO3. The van der Waals surface area contributed by atoms with Crippen molar-refractivity contribution < 1.29 is 14.6 Å². The van der Waals surface area contributed by atoms with Gasteiger partial charge in [0, 0.05) is 19.0 Å². The van der Waals surface area contributed by atoms with Crippen LogP contribution in [0.25, 0.3) is 0 Å². The lowest BCUT2D eigenvalue weighted by molar-refractivity contribution is 0.103. The van der Waals surface area contributed by atoms with Crippen molar-refractivity contribution in [1.82, 2.24) is 4.90 Å². The summed E-state index contributed by atoms with van der Waals surface area (Å²) in [4.78, 5) is 12.9. The van der Waals surface area contributed by atoms with Gasteiger partial charge in [0.1, 0.15) is 0 Å². The first-order chi connectivity index (χ1) is 6.15. The molecule has 1 rings (SSSR count). The van der Waals surface area contributed by atoms with E-state index in [-0.39, 0.29) is 18.1 Å². The van der Waals surface area contributed by atoms with Crippen LogP contribution in [0, 0.1) is 5.92 Å². The summed E-state index contributed by atoms with van der Waals surface area (Å²) in [6.45, 7) is 5.29. The molecule has 0 aromatic heterocycles. The van der Waals surface area contributed by atoms with Gasteiger partial charge < -0.3 is 14.7 Å². The highest BCUT2D eigenvalue weighted by Crippen LogP contribution is 2.19. The SMILES string of the molecule is CCOC(=O)N1CCC(C(C)O)C1. The zero-order chi connectivity index (χ0) is 9.84. The van der Waals surface area contributed by atoms with E-state index in [0.29, 0.717) is 19.7 Å². The standard InChI is InChI=1S/C9H17NO3/c1-3-13-9(12)10-5-4-8(6-10)7(2)11/h7-8,11H,3-6H2,1-2H3. The largest absolute Gasteiger partial charge is 0.450 e. The van der Waals surface area contributed by atoms with Crippen molar-refractivity contribution in [3.05, 3.63) is 0 Å². The maximum atomic E-state index is 11.2. The predicted molar refractivity (Wildman–Crippen MR) is 48.4 cm³/mol. The lowest BCUT2D eigenvalue weighted by Crippen LogP contribution is -2.30. The van der Waals surface area contributed by atoms with Crippen molar-refractivity contribution in [3.63, 3.8) is 0 Å². The van der Waals surface area contributed by atoms with Crippen LogP contribution in [-0.2, 0) is 4.74 Å². The topological polar surface area (TPSA) is 49.8 Å². The Morgan fingerprint density at radius 2 is 2.46 bits per heavy atom. The Labute approximate surface area is 78.5 Å². The van der Waals surface area contributed by atoms with Crippen LogP contribution in [0.4, 0.5) is 4.79 Å². The molecule has 1 N–H and O–H groups in total. The fraction of sp³-hybridized carbons (Fsp3) is 0.889. The molecule has 0 aromatic carbocycles. The van der Waals surface area contributed by atoms with Gasteiger partial charge in [-0.2, -0.15) is 0 Å². The van der Waals surface area contributed by atoms with E-state index in [1.54, 1.807) is 18.7 Å². The van der Waals surface area contributed by atoms with Crippen molar-refractivity contribution in [1.29, 1.82) is 0 Å². The second kappa shape index (κ2) is 4.46. The smallest absolute Gasteiger partial charge is 0.409 e. The number of nitrogens with zero attached hydrogens (tertiary/aromatic N) is 1. The predicted octanol–water partition coefficient (Wildman–Crippen LogP) is 0.846. The molecule has 1 fully saturated rings. The summed E-state index contributed by atoms with van der Waals surface area (Å²) in [5.74, 6) is 0.212. The molecule has 4 nitrogen and oxygen atoms in total. The molecular weight excluding hydrogens is 170 g/mol. The van der Waals surface area contributed by atoms with E-state index in [1.807, 2.05) is 0 Å². The number of ether oxygens (including phenoxy) is 1. The van der Waals surface area contributed by atoms with Gasteiger partial charge in [-0.3, -0.25) is 0 Å². The average Bonchev–Trinajstić information content (AvgIpc) is 2.52. The van der Waals surface area contributed by atoms with E-state index >= 15 is 0 Å². The van der Waals surface area contributed by atoms with Crippen LogP contribution in [0.5, 0.6) is 0 Å². The number of hydrogen-bond acceptors (Lipinski definition) is 3. The maximum Gasteiger partial charge on any atom is 0.409 e. The van der Waals surface area contributed by atoms with Crippen molar-refractivity contribution in [2.24, 2.45) is 5.92 Å². The Morgan fingerprint density at radius 3 is 2.92 bits per heavy atom. The van der Waals surface area contributed by atoms with Gasteiger partial charge in [0.15, 0.2) is 0 Å². The number of amides is 1. The Balaban J connectivity index is 2.36. The molecule has 1 aliphatic heterocycles. The molecule has 1 saturated heterocycles. The molecule has 0 radical (unpaired) electrons. The molecule has 2 unspecified atom stereocenters. The fourth-order valence-electron chi connectivity index (χ4n) is 1.56. The minimum Gasteiger partial charge on any atom is -0.450 e. The normalized spacial score (nSPS) is 24.5. The molecule has 4 heteroatoms. The van der Waals surface area contributed by atoms with Crippen molar-refractivity contribution in [2.45, 2.75) is 26.4 Å². The number of aliphatic hydroxyl groups is 1. The summed E-state index contributed by atoms with van der Waals surface area (Å²) in [6.07, 6.45) is 0.279. The molecule has 2 atom stereocenters. The van der Waals surface area contributed by atoms with Crippen LogP contribution in [0.1, 0.15) is 20.3 Å². The summed E-state index contributed by atoms with van der Waals surface area (Å²) in [7, 11) is 0. The number of aliphatic hydroxyl groups excluding tert-OH is 1. The minimum absolute atomic E-state index is 0.212. The van der Waals surface area contributed by atoms with E-state index in [2.05, 4.69) is 0 Å². The molecule has 1 amide bonds. The van der Waals surface area contributed by atoms with Gasteiger partial charge in [-0.05, 0) is 20.3 Å². The molecule has 76 valence electrons. The van der Waals surface area contributed by atoms with Crippen LogP contribution in [0.2, 0.25) is 0 Å². The summed E-state index contributed by atoms with van der Waals surface area (Å²) >= 11 is 0. The first-order valence-electron chi connectivity index (χ1n) is 4.75. The quantitative estimate of drug-likeness (QED) is 0.697. The Bertz CT molecular complexity index is 182. The Hall–Kier alpha value is -0.770. The van der Waals surface area contributed by atoms with Crippen LogP contribution in [0.3, 0.4) is 0 Å². The highest BCUT2D eigenvalue weighted by atomic mass is 16.6. The first kappa shape index (κ1) is 10.3. The lowest BCUT2D eigenvalue weighted by atomic mass is 10.0. The van der Waals surface area contributed by atoms with E-state index in [9.17, 15) is 9.90 Å². The number of carbonyl (C=O) groups excluding carboxylic acids is 1. The summed E-state index contributed by atoms with van der Waals surface area (Å²) in [6, 6.07) is 0. The number of rotatable bonds is 2. The van der Waals surface area contributed by atoms with Gasteiger partial charge in [-0.25, -0.2) is 4.79 Å². The third kappa shape index (κ3) is 2.59. The van der Waals surface area contributed by atoms with Crippen LogP contribution in [-0.4, -0.2) is 41.9 Å². The van der Waals surface area contributed by atoms with Crippen LogP contribution in [0.15, 0.2) is 0 Å². The number of likely N-dealkylation sites (tertiary alicyclic amines) is 1. The van der Waals surface area contributed by atoms with Crippen LogP contribution >= 0.6 is 0 Å². The molecule has 1 heterocycles. The summed E-state index contributed by atoms with van der Waals surface area (Å²) in [5, 5.41) is 9.30. The highest BCUT2D eigenvalue weighted by Gasteiger charge is 2.29. The Morgan fingerprint density at radius 1 is 1.77 bits per heavy atom. The molecule has 0 aromatic rings. The zero-order valence-corrected chi connectivity index (χ0v) is 8.19. The second-order valence-electron chi connectivity index (χ2n) is 3.43.